The average Bonchev–Trinajstić information content (AvgIpc) is 3.19. The highest BCUT2D eigenvalue weighted by molar-refractivity contribution is 5.55. The summed E-state index contributed by atoms with van der Waals surface area (Å²) in [4.78, 5) is 2.45. The fraction of sp³-hybridized carbons (Fsp3) is 0.667. The summed E-state index contributed by atoms with van der Waals surface area (Å²) in [6.45, 7) is 10.1. The van der Waals surface area contributed by atoms with Crippen LogP contribution in [-0.2, 0) is 6.54 Å². The highest BCUT2D eigenvalue weighted by Crippen LogP contribution is 2.26. The molecular weight excluding hydrogens is 244 g/mol. The van der Waals surface area contributed by atoms with Gasteiger partial charge in [-0.1, -0.05) is 31.5 Å². The van der Waals surface area contributed by atoms with Crippen LogP contribution in [0.2, 0.25) is 0 Å². The van der Waals surface area contributed by atoms with Crippen LogP contribution in [0.4, 0.5) is 5.69 Å². The highest BCUT2D eigenvalue weighted by Gasteiger charge is 2.21. The molecule has 0 heterocycles. The third-order valence-electron chi connectivity index (χ3n) is 4.25. The summed E-state index contributed by atoms with van der Waals surface area (Å²) in [5.74, 6) is 0.742. The molecule has 20 heavy (non-hydrogen) atoms. The monoisotopic (exact) mass is 274 g/mol. The molecule has 0 saturated heterocycles. The molecule has 0 bridgehead atoms. The van der Waals surface area contributed by atoms with E-state index in [2.05, 4.69) is 63.2 Å². The standard InChI is InChI=1S/C18H30N2/c1-13(2)10-15(4)20(5)18-9-6-14(3)11-16(18)12-19-17-7-8-17/h6,9,11,13,15,17,19H,7-8,10,12H2,1-5H3. The molecule has 1 N–H and O–H groups in total. The van der Waals surface area contributed by atoms with Gasteiger partial charge in [0.15, 0.2) is 0 Å². The van der Waals surface area contributed by atoms with Gasteiger partial charge in [-0.2, -0.15) is 0 Å². The van der Waals surface area contributed by atoms with Crippen molar-refractivity contribution in [3.05, 3.63) is 29.3 Å². The quantitative estimate of drug-likeness (QED) is 0.804. The van der Waals surface area contributed by atoms with Crippen molar-refractivity contribution < 1.29 is 0 Å². The van der Waals surface area contributed by atoms with E-state index in [1.165, 1.54) is 36.1 Å². The van der Waals surface area contributed by atoms with Crippen LogP contribution in [0.1, 0.15) is 51.2 Å². The number of hydrogen-bond donors (Lipinski definition) is 1. The van der Waals surface area contributed by atoms with Gasteiger partial charge < -0.3 is 10.2 Å². The van der Waals surface area contributed by atoms with E-state index in [0.29, 0.717) is 6.04 Å². The van der Waals surface area contributed by atoms with Gasteiger partial charge in [0.2, 0.25) is 0 Å². The number of hydrogen-bond acceptors (Lipinski definition) is 2. The van der Waals surface area contributed by atoms with Crippen LogP contribution in [0.3, 0.4) is 0 Å². The first-order chi connectivity index (χ1) is 9.47. The Kier molecular flexibility index (Phi) is 5.09. The zero-order valence-corrected chi connectivity index (χ0v) is 13.7. The van der Waals surface area contributed by atoms with Crippen molar-refractivity contribution in [2.24, 2.45) is 5.92 Å². The molecule has 0 spiro atoms. The Morgan fingerprint density at radius 1 is 1.25 bits per heavy atom. The first-order valence-electron chi connectivity index (χ1n) is 8.03. The minimum absolute atomic E-state index is 0.581. The van der Waals surface area contributed by atoms with Crippen LogP contribution in [0.5, 0.6) is 0 Å². The average molecular weight is 274 g/mol. The van der Waals surface area contributed by atoms with E-state index in [1.807, 2.05) is 0 Å². The molecule has 1 aromatic rings. The van der Waals surface area contributed by atoms with E-state index in [4.69, 9.17) is 0 Å². The van der Waals surface area contributed by atoms with Crippen molar-refractivity contribution in [3.8, 4) is 0 Å². The summed E-state index contributed by atoms with van der Waals surface area (Å²) in [6.07, 6.45) is 3.93. The molecule has 1 aliphatic carbocycles. The van der Waals surface area contributed by atoms with Gasteiger partial charge in [0.05, 0.1) is 0 Å². The van der Waals surface area contributed by atoms with Crippen LogP contribution in [0.15, 0.2) is 18.2 Å². The van der Waals surface area contributed by atoms with Crippen molar-refractivity contribution in [2.75, 3.05) is 11.9 Å². The number of anilines is 1. The van der Waals surface area contributed by atoms with Gasteiger partial charge in [-0.25, -0.2) is 0 Å². The molecule has 112 valence electrons. The second kappa shape index (κ2) is 6.62. The molecular formula is C18H30N2. The Morgan fingerprint density at radius 3 is 2.55 bits per heavy atom. The number of nitrogens with zero attached hydrogens (tertiary/aromatic N) is 1. The van der Waals surface area contributed by atoms with Crippen molar-refractivity contribution in [2.45, 2.75) is 65.6 Å². The van der Waals surface area contributed by atoms with Gasteiger partial charge in [0, 0.05) is 31.4 Å². The number of aryl methyl sites for hydroxylation is 1. The maximum atomic E-state index is 3.65. The van der Waals surface area contributed by atoms with Gasteiger partial charge in [-0.05, 0) is 50.7 Å². The predicted molar refractivity (Wildman–Crippen MR) is 88.4 cm³/mol. The molecule has 0 aliphatic heterocycles. The predicted octanol–water partition coefficient (Wildman–Crippen LogP) is 4.12. The lowest BCUT2D eigenvalue weighted by Gasteiger charge is -2.30. The summed E-state index contributed by atoms with van der Waals surface area (Å²) in [5.41, 5.74) is 4.18. The van der Waals surface area contributed by atoms with E-state index in [9.17, 15) is 0 Å². The fourth-order valence-corrected chi connectivity index (χ4v) is 2.82. The minimum atomic E-state index is 0.581. The van der Waals surface area contributed by atoms with Gasteiger partial charge in [0.25, 0.3) is 0 Å². The van der Waals surface area contributed by atoms with E-state index >= 15 is 0 Å². The van der Waals surface area contributed by atoms with Crippen molar-refractivity contribution in [1.29, 1.82) is 0 Å². The maximum Gasteiger partial charge on any atom is 0.0411 e. The van der Waals surface area contributed by atoms with E-state index in [0.717, 1.165) is 18.5 Å². The highest BCUT2D eigenvalue weighted by atomic mass is 15.1. The van der Waals surface area contributed by atoms with Gasteiger partial charge >= 0.3 is 0 Å². The third-order valence-corrected chi connectivity index (χ3v) is 4.25. The van der Waals surface area contributed by atoms with Gasteiger partial charge in [0.1, 0.15) is 0 Å². The normalized spacial score (nSPS) is 16.5. The molecule has 0 aromatic heterocycles. The van der Waals surface area contributed by atoms with E-state index in [-0.39, 0.29) is 0 Å². The number of benzene rings is 1. The Bertz CT molecular complexity index is 435. The molecule has 2 heteroatoms. The molecule has 1 aliphatic rings. The first kappa shape index (κ1) is 15.4. The molecule has 0 radical (unpaired) electrons. The van der Waals surface area contributed by atoms with Gasteiger partial charge in [-0.15, -0.1) is 0 Å². The lowest BCUT2D eigenvalue weighted by atomic mass is 10.0. The molecule has 1 unspecified atom stereocenters. The first-order valence-corrected chi connectivity index (χ1v) is 8.03. The molecule has 2 nitrogen and oxygen atoms in total. The Hall–Kier alpha value is -1.02. The molecule has 0 amide bonds. The number of nitrogens with one attached hydrogen (secondary N) is 1. The van der Waals surface area contributed by atoms with Crippen molar-refractivity contribution in [1.82, 2.24) is 5.32 Å². The van der Waals surface area contributed by atoms with Crippen LogP contribution < -0.4 is 10.2 Å². The smallest absolute Gasteiger partial charge is 0.0411 e. The second-order valence-electron chi connectivity index (χ2n) is 6.88. The summed E-state index contributed by atoms with van der Waals surface area (Å²) >= 11 is 0. The lowest BCUT2D eigenvalue weighted by Crippen LogP contribution is -2.31. The molecule has 1 fully saturated rings. The largest absolute Gasteiger partial charge is 0.372 e. The molecule has 1 saturated carbocycles. The van der Waals surface area contributed by atoms with Crippen LogP contribution in [0.25, 0.3) is 0 Å². The number of rotatable bonds is 7. The Labute approximate surface area is 124 Å². The summed E-state index contributed by atoms with van der Waals surface area (Å²) in [5, 5.41) is 3.65. The van der Waals surface area contributed by atoms with E-state index < -0.39 is 0 Å². The maximum absolute atomic E-state index is 3.65. The van der Waals surface area contributed by atoms with Crippen LogP contribution in [-0.4, -0.2) is 19.1 Å². The van der Waals surface area contributed by atoms with Crippen LogP contribution >= 0.6 is 0 Å². The van der Waals surface area contributed by atoms with E-state index in [1.54, 1.807) is 0 Å². The lowest BCUT2D eigenvalue weighted by molar-refractivity contribution is 0.503. The Balaban J connectivity index is 2.11. The molecule has 1 aromatic carbocycles. The summed E-state index contributed by atoms with van der Waals surface area (Å²) in [6, 6.07) is 8.20. The molecule has 2 rings (SSSR count). The minimum Gasteiger partial charge on any atom is -0.372 e. The zero-order chi connectivity index (χ0) is 14.7. The molecule has 1 atom stereocenters. The van der Waals surface area contributed by atoms with Crippen LogP contribution in [0, 0.1) is 12.8 Å². The van der Waals surface area contributed by atoms with Crippen molar-refractivity contribution in [3.63, 3.8) is 0 Å². The second-order valence-corrected chi connectivity index (χ2v) is 6.88. The topological polar surface area (TPSA) is 15.3 Å². The SMILES string of the molecule is Cc1ccc(N(C)C(C)CC(C)C)c(CNC2CC2)c1. The van der Waals surface area contributed by atoms with Gasteiger partial charge in [-0.3, -0.25) is 0 Å². The summed E-state index contributed by atoms with van der Waals surface area (Å²) < 4.78 is 0. The summed E-state index contributed by atoms with van der Waals surface area (Å²) in [7, 11) is 2.23. The van der Waals surface area contributed by atoms with Crippen molar-refractivity contribution >= 4 is 5.69 Å². The zero-order valence-electron chi connectivity index (χ0n) is 13.7. The fourth-order valence-electron chi connectivity index (χ4n) is 2.82. The Morgan fingerprint density at radius 2 is 1.95 bits per heavy atom. The third kappa shape index (κ3) is 4.24.